The van der Waals surface area contributed by atoms with Crippen molar-refractivity contribution < 1.29 is 4.79 Å². The Hall–Kier alpha value is -2.74. The Kier molecular flexibility index (Phi) is 3.84. The van der Waals surface area contributed by atoms with Crippen molar-refractivity contribution in [1.82, 2.24) is 20.3 Å². The molecule has 0 aliphatic rings. The van der Waals surface area contributed by atoms with Crippen LogP contribution < -0.4 is 16.4 Å². The minimum Gasteiger partial charge on any atom is -0.352 e. The van der Waals surface area contributed by atoms with Gasteiger partial charge in [0.15, 0.2) is 0 Å². The molecule has 8 heteroatoms. The molecular weight excluding hydrogens is 304 g/mol. The summed E-state index contributed by atoms with van der Waals surface area (Å²) in [6.07, 6.45) is 0.660. The number of benzene rings is 1. The maximum Gasteiger partial charge on any atom is 0.314 e. The highest BCUT2D eigenvalue weighted by molar-refractivity contribution is 7.07. The van der Waals surface area contributed by atoms with E-state index >= 15 is 0 Å². The van der Waals surface area contributed by atoms with Gasteiger partial charge in [0.25, 0.3) is 5.91 Å². The second kappa shape index (κ2) is 5.94. The van der Waals surface area contributed by atoms with Crippen molar-refractivity contribution in [3.63, 3.8) is 0 Å². The van der Waals surface area contributed by atoms with Crippen LogP contribution in [0.5, 0.6) is 0 Å². The van der Waals surface area contributed by atoms with Crippen LogP contribution in [-0.4, -0.2) is 27.4 Å². The molecule has 22 heavy (non-hydrogen) atoms. The van der Waals surface area contributed by atoms with Gasteiger partial charge < -0.3 is 15.3 Å². The molecule has 0 aliphatic carbocycles. The topological polar surface area (TPSA) is 108 Å². The number of hydrogen-bond acceptors (Lipinski definition) is 5. The van der Waals surface area contributed by atoms with Gasteiger partial charge in [-0.3, -0.25) is 14.4 Å². The minimum atomic E-state index is -0.742. The number of carbonyl (C=O) groups is 1. The van der Waals surface area contributed by atoms with Crippen molar-refractivity contribution in [1.29, 1.82) is 0 Å². The molecule has 0 fully saturated rings. The third kappa shape index (κ3) is 2.96. The number of nitrogens with one attached hydrogen (secondary N) is 3. The van der Waals surface area contributed by atoms with Crippen molar-refractivity contribution in [3.8, 4) is 0 Å². The fourth-order valence-corrected chi connectivity index (χ4v) is 2.62. The summed E-state index contributed by atoms with van der Waals surface area (Å²) in [4.78, 5) is 43.6. The van der Waals surface area contributed by atoms with Crippen LogP contribution in [0, 0.1) is 0 Å². The van der Waals surface area contributed by atoms with Crippen molar-refractivity contribution in [2.75, 3.05) is 6.54 Å². The fraction of sp³-hybridized carbons (Fsp3) is 0.143. The summed E-state index contributed by atoms with van der Waals surface area (Å²) >= 11 is 1.51. The summed E-state index contributed by atoms with van der Waals surface area (Å²) in [6, 6.07) is 4.71. The molecule has 2 aromatic heterocycles. The Morgan fingerprint density at radius 1 is 1.18 bits per heavy atom. The lowest BCUT2D eigenvalue weighted by molar-refractivity contribution is 0.0954. The molecule has 0 spiro atoms. The number of carbonyl (C=O) groups excluding carboxylic acids is 1. The maximum atomic E-state index is 12.1. The number of fused-ring (bicyclic) bond motifs is 1. The zero-order valence-corrected chi connectivity index (χ0v) is 12.2. The van der Waals surface area contributed by atoms with Gasteiger partial charge >= 0.3 is 11.1 Å². The van der Waals surface area contributed by atoms with Crippen LogP contribution >= 0.6 is 11.3 Å². The van der Waals surface area contributed by atoms with Crippen LogP contribution in [-0.2, 0) is 6.42 Å². The number of H-pyrrole nitrogens is 2. The molecule has 3 rings (SSSR count). The molecular formula is C14H12N4O3S. The Morgan fingerprint density at radius 3 is 2.68 bits per heavy atom. The van der Waals surface area contributed by atoms with E-state index in [4.69, 9.17) is 0 Å². The van der Waals surface area contributed by atoms with Crippen LogP contribution in [0.3, 0.4) is 0 Å². The predicted molar refractivity (Wildman–Crippen MR) is 83.3 cm³/mol. The molecule has 112 valence electrons. The van der Waals surface area contributed by atoms with Crippen LogP contribution in [0.1, 0.15) is 16.1 Å². The number of thiazole rings is 1. The van der Waals surface area contributed by atoms with Gasteiger partial charge in [0, 0.05) is 23.9 Å². The highest BCUT2D eigenvalue weighted by Gasteiger charge is 2.07. The smallest absolute Gasteiger partial charge is 0.314 e. The van der Waals surface area contributed by atoms with E-state index < -0.39 is 11.1 Å². The van der Waals surface area contributed by atoms with E-state index in [-0.39, 0.29) is 5.91 Å². The molecule has 0 saturated heterocycles. The maximum absolute atomic E-state index is 12.1. The standard InChI is InChI=1S/C14H12N4O3S/c19-12(15-4-3-9-6-22-7-16-9)8-1-2-10-11(5-8)18-14(21)13(20)17-10/h1-2,5-7H,3-4H2,(H,15,19)(H,17,20)(H,18,21). The second-order valence-electron chi connectivity index (χ2n) is 4.65. The van der Waals surface area contributed by atoms with Crippen LogP contribution in [0.15, 0.2) is 38.7 Å². The zero-order valence-electron chi connectivity index (χ0n) is 11.4. The molecule has 1 amide bonds. The van der Waals surface area contributed by atoms with Gasteiger partial charge in [0.2, 0.25) is 0 Å². The molecule has 3 aromatic rings. The Balaban J connectivity index is 1.74. The molecule has 0 radical (unpaired) electrons. The first-order valence-electron chi connectivity index (χ1n) is 6.55. The predicted octanol–water partition coefficient (Wildman–Crippen LogP) is 0.645. The van der Waals surface area contributed by atoms with Crippen LogP contribution in [0.2, 0.25) is 0 Å². The van der Waals surface area contributed by atoms with Gasteiger partial charge in [-0.1, -0.05) is 0 Å². The van der Waals surface area contributed by atoms with E-state index in [1.54, 1.807) is 17.6 Å². The molecule has 7 nitrogen and oxygen atoms in total. The summed E-state index contributed by atoms with van der Waals surface area (Å²) < 4.78 is 0. The lowest BCUT2D eigenvalue weighted by atomic mass is 10.2. The number of aromatic amines is 2. The quantitative estimate of drug-likeness (QED) is 0.614. The number of aromatic nitrogens is 3. The van der Waals surface area contributed by atoms with Crippen molar-refractivity contribution in [2.45, 2.75) is 6.42 Å². The molecule has 1 aromatic carbocycles. The summed E-state index contributed by atoms with van der Waals surface area (Å²) in [5.41, 5.74) is 2.53. The summed E-state index contributed by atoms with van der Waals surface area (Å²) in [7, 11) is 0. The third-order valence-corrected chi connectivity index (χ3v) is 3.77. The van der Waals surface area contributed by atoms with Gasteiger partial charge in [-0.2, -0.15) is 0 Å². The average molecular weight is 316 g/mol. The summed E-state index contributed by atoms with van der Waals surface area (Å²) in [6.45, 7) is 0.475. The minimum absolute atomic E-state index is 0.246. The largest absolute Gasteiger partial charge is 0.352 e. The number of nitrogens with zero attached hydrogens (tertiary/aromatic N) is 1. The second-order valence-corrected chi connectivity index (χ2v) is 5.37. The highest BCUT2D eigenvalue weighted by Crippen LogP contribution is 2.09. The van der Waals surface area contributed by atoms with Crippen molar-refractivity contribution >= 4 is 28.3 Å². The molecule has 2 heterocycles. The zero-order chi connectivity index (χ0) is 15.5. The molecule has 3 N–H and O–H groups in total. The first kappa shape index (κ1) is 14.2. The highest BCUT2D eigenvalue weighted by atomic mass is 32.1. The first-order chi connectivity index (χ1) is 10.6. The van der Waals surface area contributed by atoms with E-state index in [0.717, 1.165) is 5.69 Å². The Bertz CT molecular complexity index is 927. The average Bonchev–Trinajstić information content (AvgIpc) is 3.01. The number of hydrogen-bond donors (Lipinski definition) is 3. The normalized spacial score (nSPS) is 10.7. The molecule has 0 unspecified atom stereocenters. The van der Waals surface area contributed by atoms with E-state index in [1.165, 1.54) is 17.4 Å². The first-order valence-corrected chi connectivity index (χ1v) is 7.49. The monoisotopic (exact) mass is 316 g/mol. The van der Waals surface area contributed by atoms with Gasteiger partial charge in [0.05, 0.1) is 22.2 Å². The van der Waals surface area contributed by atoms with Gasteiger partial charge in [-0.15, -0.1) is 11.3 Å². The van der Waals surface area contributed by atoms with E-state index in [2.05, 4.69) is 20.3 Å². The van der Waals surface area contributed by atoms with Gasteiger partial charge in [-0.25, -0.2) is 4.98 Å². The number of amides is 1. The summed E-state index contributed by atoms with van der Waals surface area (Å²) in [5, 5.41) is 4.72. The SMILES string of the molecule is O=C(NCCc1cscn1)c1ccc2[nH]c(=O)c(=O)[nH]c2c1. The van der Waals surface area contributed by atoms with Gasteiger partial charge in [-0.05, 0) is 18.2 Å². The van der Waals surface area contributed by atoms with E-state index in [1.807, 2.05) is 5.38 Å². The molecule has 0 saturated carbocycles. The third-order valence-electron chi connectivity index (χ3n) is 3.13. The lowest BCUT2D eigenvalue weighted by Gasteiger charge is -2.05. The van der Waals surface area contributed by atoms with Gasteiger partial charge in [0.1, 0.15) is 0 Å². The van der Waals surface area contributed by atoms with Crippen molar-refractivity contribution in [3.05, 3.63) is 61.1 Å². The van der Waals surface area contributed by atoms with Crippen molar-refractivity contribution in [2.24, 2.45) is 0 Å². The Morgan fingerprint density at radius 2 is 1.95 bits per heavy atom. The molecule has 0 bridgehead atoms. The molecule has 0 aliphatic heterocycles. The Labute approximate surface area is 128 Å². The van der Waals surface area contributed by atoms with E-state index in [9.17, 15) is 14.4 Å². The summed E-state index contributed by atoms with van der Waals surface area (Å²) in [5.74, 6) is -0.246. The fourth-order valence-electron chi connectivity index (χ4n) is 2.02. The van der Waals surface area contributed by atoms with E-state index in [0.29, 0.717) is 29.6 Å². The van der Waals surface area contributed by atoms with Crippen LogP contribution in [0.25, 0.3) is 11.0 Å². The van der Waals surface area contributed by atoms with Crippen LogP contribution in [0.4, 0.5) is 0 Å². The number of rotatable bonds is 4. The lowest BCUT2D eigenvalue weighted by Crippen LogP contribution is -2.29. The molecule has 0 atom stereocenters.